The molecule has 1 atom stereocenters. The summed E-state index contributed by atoms with van der Waals surface area (Å²) < 4.78 is 5.84. The van der Waals surface area contributed by atoms with Gasteiger partial charge in [0.1, 0.15) is 11.6 Å². The van der Waals surface area contributed by atoms with Crippen molar-refractivity contribution in [2.24, 2.45) is 11.1 Å². The number of nitriles is 1. The molecule has 0 radical (unpaired) electrons. The van der Waals surface area contributed by atoms with Crippen LogP contribution in [0.2, 0.25) is 5.02 Å². The fraction of sp³-hybridized carbons (Fsp3) is 0.276. The average Bonchev–Trinajstić information content (AvgIpc) is 3.40. The van der Waals surface area contributed by atoms with E-state index in [-0.39, 0.29) is 34.3 Å². The molecule has 0 spiro atoms. The number of carbonyl (C=O) groups excluding carboxylic acids is 2. The van der Waals surface area contributed by atoms with Crippen LogP contribution in [-0.4, -0.2) is 34.8 Å². The molecule has 1 amide bonds. The number of ketones is 1. The van der Waals surface area contributed by atoms with E-state index in [4.69, 9.17) is 22.1 Å². The molecule has 5 rings (SSSR count). The van der Waals surface area contributed by atoms with Crippen molar-refractivity contribution >= 4 is 57.2 Å². The van der Waals surface area contributed by atoms with Crippen molar-refractivity contribution in [1.82, 2.24) is 10.2 Å². The minimum absolute atomic E-state index is 0.0337. The standard InChI is InChI=1S/C29H27ClN6O3S2/c1-29(2)12-20-25(21(37)13-29)24(16-8-10-17(30)11-9-16)18(14-31)26(32)36(20)27-34-35-28(41-27)40-15-23(38)33-19-6-4-5-7-22(19)39-3/h4-11,24H,12-13,15,32H2,1-3H3,(H,33,38). The number of nitrogens with zero attached hydrogens (tertiary/aromatic N) is 4. The summed E-state index contributed by atoms with van der Waals surface area (Å²) in [6.45, 7) is 4.07. The van der Waals surface area contributed by atoms with E-state index in [9.17, 15) is 14.9 Å². The summed E-state index contributed by atoms with van der Waals surface area (Å²) in [5.74, 6) is 0.00504. The van der Waals surface area contributed by atoms with Crippen molar-refractivity contribution in [2.75, 3.05) is 23.1 Å². The quantitative estimate of drug-likeness (QED) is 0.316. The molecule has 2 aliphatic rings. The molecular formula is C29H27ClN6O3S2. The van der Waals surface area contributed by atoms with Crippen molar-refractivity contribution in [1.29, 1.82) is 5.26 Å². The highest BCUT2D eigenvalue weighted by Gasteiger charge is 2.45. The van der Waals surface area contributed by atoms with Gasteiger partial charge in [-0.25, -0.2) is 0 Å². The summed E-state index contributed by atoms with van der Waals surface area (Å²) in [6, 6.07) is 16.5. The van der Waals surface area contributed by atoms with Crippen LogP contribution in [0.3, 0.4) is 0 Å². The van der Waals surface area contributed by atoms with Gasteiger partial charge in [-0.15, -0.1) is 10.2 Å². The van der Waals surface area contributed by atoms with Crippen LogP contribution in [0.4, 0.5) is 10.8 Å². The molecule has 12 heteroatoms. The number of methoxy groups -OCH3 is 1. The van der Waals surface area contributed by atoms with Crippen LogP contribution in [0.25, 0.3) is 0 Å². The van der Waals surface area contributed by atoms with Gasteiger partial charge in [-0.05, 0) is 41.7 Å². The zero-order valence-corrected chi connectivity index (χ0v) is 25.0. The lowest BCUT2D eigenvalue weighted by Crippen LogP contribution is -2.42. The Labute approximate surface area is 251 Å². The van der Waals surface area contributed by atoms with Gasteiger partial charge in [-0.3, -0.25) is 14.5 Å². The Kier molecular flexibility index (Phi) is 8.09. The van der Waals surface area contributed by atoms with Gasteiger partial charge in [0.2, 0.25) is 11.0 Å². The van der Waals surface area contributed by atoms with Crippen molar-refractivity contribution < 1.29 is 14.3 Å². The third-order valence-electron chi connectivity index (χ3n) is 6.88. The highest BCUT2D eigenvalue weighted by molar-refractivity contribution is 8.01. The maximum absolute atomic E-state index is 13.6. The molecule has 1 aromatic heterocycles. The number of anilines is 2. The summed E-state index contributed by atoms with van der Waals surface area (Å²) in [6.07, 6.45) is 0.905. The van der Waals surface area contributed by atoms with Crippen LogP contribution < -0.4 is 20.7 Å². The van der Waals surface area contributed by atoms with Crippen LogP contribution in [0, 0.1) is 16.7 Å². The van der Waals surface area contributed by atoms with E-state index in [1.54, 1.807) is 36.3 Å². The lowest BCUT2D eigenvalue weighted by molar-refractivity contribution is -0.118. The molecule has 2 aromatic carbocycles. The minimum Gasteiger partial charge on any atom is -0.495 e. The second-order valence-corrected chi connectivity index (χ2v) is 13.0. The molecule has 210 valence electrons. The fourth-order valence-corrected chi connectivity index (χ4v) is 6.94. The second kappa shape index (κ2) is 11.6. The average molecular weight is 607 g/mol. The van der Waals surface area contributed by atoms with E-state index in [2.05, 4.69) is 21.6 Å². The summed E-state index contributed by atoms with van der Waals surface area (Å²) in [7, 11) is 1.54. The van der Waals surface area contributed by atoms with Gasteiger partial charge in [0.15, 0.2) is 10.1 Å². The highest BCUT2D eigenvalue weighted by Crippen LogP contribution is 2.50. The molecule has 1 aliphatic carbocycles. The molecule has 1 aliphatic heterocycles. The fourth-order valence-electron chi connectivity index (χ4n) is 5.13. The summed E-state index contributed by atoms with van der Waals surface area (Å²) in [4.78, 5) is 28.0. The molecule has 0 saturated heterocycles. The number of amides is 1. The van der Waals surface area contributed by atoms with E-state index < -0.39 is 5.92 Å². The summed E-state index contributed by atoms with van der Waals surface area (Å²) in [5.41, 5.74) is 9.22. The van der Waals surface area contributed by atoms with Crippen molar-refractivity contribution in [3.63, 3.8) is 0 Å². The van der Waals surface area contributed by atoms with Gasteiger partial charge >= 0.3 is 0 Å². The number of hydrogen-bond acceptors (Lipinski definition) is 10. The molecular weight excluding hydrogens is 580 g/mol. The summed E-state index contributed by atoms with van der Waals surface area (Å²) in [5, 5.41) is 22.7. The number of carbonyl (C=O) groups is 2. The van der Waals surface area contributed by atoms with E-state index in [1.807, 2.05) is 38.1 Å². The maximum Gasteiger partial charge on any atom is 0.234 e. The molecule has 3 aromatic rings. The van der Waals surface area contributed by atoms with Crippen LogP contribution in [-0.2, 0) is 9.59 Å². The van der Waals surface area contributed by atoms with E-state index in [1.165, 1.54) is 23.1 Å². The number of hydrogen-bond donors (Lipinski definition) is 2. The van der Waals surface area contributed by atoms with Crippen LogP contribution in [0.15, 0.2) is 75.5 Å². The topological polar surface area (TPSA) is 134 Å². The third kappa shape index (κ3) is 5.81. The Hall–Kier alpha value is -3.85. The Morgan fingerprint density at radius 3 is 2.68 bits per heavy atom. The number of ether oxygens (including phenoxy) is 1. The molecule has 0 saturated carbocycles. The minimum atomic E-state index is -0.604. The first-order chi connectivity index (χ1) is 19.6. The number of nitrogens with two attached hydrogens (primary N) is 1. The number of allylic oxidation sites excluding steroid dienone is 3. The number of rotatable bonds is 7. The number of aromatic nitrogens is 2. The Morgan fingerprint density at radius 2 is 1.98 bits per heavy atom. The van der Waals surface area contributed by atoms with Crippen molar-refractivity contribution in [3.05, 3.63) is 81.8 Å². The van der Waals surface area contributed by atoms with Crippen molar-refractivity contribution in [3.8, 4) is 11.8 Å². The van der Waals surface area contributed by atoms with Crippen LogP contribution in [0.5, 0.6) is 5.75 Å². The first-order valence-corrected chi connectivity index (χ1v) is 14.9. The predicted molar refractivity (Wildman–Crippen MR) is 161 cm³/mol. The van der Waals surface area contributed by atoms with Gasteiger partial charge in [0.25, 0.3) is 0 Å². The number of Topliss-reactive ketones (excluding diaryl/α,β-unsaturated/α-hetero) is 1. The Morgan fingerprint density at radius 1 is 1.24 bits per heavy atom. The number of halogens is 1. The zero-order chi connectivity index (χ0) is 29.3. The molecule has 0 fully saturated rings. The first-order valence-electron chi connectivity index (χ1n) is 12.7. The smallest absolute Gasteiger partial charge is 0.234 e. The van der Waals surface area contributed by atoms with Crippen LogP contribution in [0.1, 0.15) is 38.2 Å². The van der Waals surface area contributed by atoms with Gasteiger partial charge in [0.05, 0.1) is 36.1 Å². The van der Waals surface area contributed by atoms with Gasteiger partial charge in [-0.2, -0.15) is 5.26 Å². The Bertz CT molecular complexity index is 1620. The summed E-state index contributed by atoms with van der Waals surface area (Å²) >= 11 is 8.60. The highest BCUT2D eigenvalue weighted by atomic mass is 35.5. The molecule has 41 heavy (non-hydrogen) atoms. The lowest BCUT2D eigenvalue weighted by Gasteiger charge is -2.42. The van der Waals surface area contributed by atoms with E-state index >= 15 is 0 Å². The molecule has 3 N–H and O–H groups in total. The first kappa shape index (κ1) is 28.7. The SMILES string of the molecule is COc1ccccc1NC(=O)CSc1nnc(N2C(N)=C(C#N)C(c3ccc(Cl)cc3)C3=C2CC(C)(C)CC3=O)s1. The van der Waals surface area contributed by atoms with Gasteiger partial charge < -0.3 is 15.8 Å². The monoisotopic (exact) mass is 606 g/mol. The molecule has 1 unspecified atom stereocenters. The van der Waals surface area contributed by atoms with Gasteiger partial charge in [0, 0.05) is 22.7 Å². The Balaban J connectivity index is 1.45. The molecule has 2 heterocycles. The molecule has 0 bridgehead atoms. The zero-order valence-electron chi connectivity index (χ0n) is 22.6. The van der Waals surface area contributed by atoms with Crippen molar-refractivity contribution in [2.45, 2.75) is 36.9 Å². The number of benzene rings is 2. The maximum atomic E-state index is 13.6. The lowest BCUT2D eigenvalue weighted by atomic mass is 9.69. The normalized spacial score (nSPS) is 18.2. The van der Waals surface area contributed by atoms with Crippen LogP contribution >= 0.6 is 34.7 Å². The largest absolute Gasteiger partial charge is 0.495 e. The number of thioether (sulfide) groups is 1. The van der Waals surface area contributed by atoms with Gasteiger partial charge in [-0.1, -0.05) is 72.8 Å². The number of nitrogens with one attached hydrogen (secondary N) is 1. The third-order valence-corrected chi connectivity index (χ3v) is 9.17. The molecule has 9 nitrogen and oxygen atoms in total. The number of para-hydroxylation sites is 2. The second-order valence-electron chi connectivity index (χ2n) is 10.4. The predicted octanol–water partition coefficient (Wildman–Crippen LogP) is 5.87. The van der Waals surface area contributed by atoms with E-state index in [0.29, 0.717) is 50.0 Å². The van der Waals surface area contributed by atoms with E-state index in [0.717, 1.165) is 5.56 Å².